The Morgan fingerprint density at radius 2 is 2.29 bits per heavy atom. The van der Waals surface area contributed by atoms with Crippen LogP contribution in [0.4, 0.5) is 11.5 Å². The van der Waals surface area contributed by atoms with E-state index < -0.39 is 0 Å². The zero-order valence-electron chi connectivity index (χ0n) is 8.83. The minimum Gasteiger partial charge on any atom is -0.382 e. The Balaban J connectivity index is 2.05. The molecule has 0 aromatic carbocycles. The summed E-state index contributed by atoms with van der Waals surface area (Å²) >= 11 is 0. The number of hydrogen-bond acceptors (Lipinski definition) is 3. The van der Waals surface area contributed by atoms with E-state index in [-0.39, 0.29) is 0 Å². The Morgan fingerprint density at radius 3 is 2.93 bits per heavy atom. The molecule has 3 heteroatoms. The van der Waals surface area contributed by atoms with Crippen LogP contribution < -0.4 is 10.2 Å². The molecule has 0 bridgehead atoms. The Morgan fingerprint density at radius 1 is 1.50 bits per heavy atom. The van der Waals surface area contributed by atoms with Crippen molar-refractivity contribution in [3.05, 3.63) is 18.3 Å². The lowest BCUT2D eigenvalue weighted by atomic mass is 10.3. The van der Waals surface area contributed by atoms with Gasteiger partial charge < -0.3 is 10.2 Å². The lowest BCUT2D eigenvalue weighted by Gasteiger charge is -2.16. The number of nitrogens with one attached hydrogen (secondary N) is 1. The molecule has 1 aliphatic carbocycles. The number of aromatic nitrogens is 1. The molecule has 2 rings (SSSR count). The maximum absolute atomic E-state index is 4.34. The molecule has 1 aromatic rings. The van der Waals surface area contributed by atoms with Crippen LogP contribution in [0.25, 0.3) is 0 Å². The van der Waals surface area contributed by atoms with Crippen LogP contribution in [-0.2, 0) is 0 Å². The summed E-state index contributed by atoms with van der Waals surface area (Å²) in [6.07, 6.45) is 4.59. The molecule has 0 atom stereocenters. The normalized spacial score (nSPS) is 15.3. The number of anilines is 2. The van der Waals surface area contributed by atoms with Gasteiger partial charge in [-0.1, -0.05) is 0 Å². The van der Waals surface area contributed by atoms with Gasteiger partial charge in [-0.25, -0.2) is 4.98 Å². The van der Waals surface area contributed by atoms with Crippen LogP contribution in [0, 0.1) is 5.92 Å². The van der Waals surface area contributed by atoms with E-state index in [1.165, 1.54) is 12.8 Å². The topological polar surface area (TPSA) is 28.2 Å². The van der Waals surface area contributed by atoms with E-state index >= 15 is 0 Å². The Hall–Kier alpha value is -1.25. The second kappa shape index (κ2) is 3.86. The Kier molecular flexibility index (Phi) is 2.57. The lowest BCUT2D eigenvalue weighted by molar-refractivity contribution is 0.886. The third-order valence-corrected chi connectivity index (χ3v) is 2.49. The largest absolute Gasteiger partial charge is 0.382 e. The number of pyridine rings is 1. The van der Waals surface area contributed by atoms with Gasteiger partial charge in [-0.05, 0) is 30.9 Å². The van der Waals surface area contributed by atoms with E-state index in [0.29, 0.717) is 0 Å². The fourth-order valence-corrected chi connectivity index (χ4v) is 1.47. The summed E-state index contributed by atoms with van der Waals surface area (Å²) in [4.78, 5) is 6.38. The lowest BCUT2D eigenvalue weighted by Crippen LogP contribution is -2.14. The first-order valence-electron chi connectivity index (χ1n) is 5.13. The summed E-state index contributed by atoms with van der Waals surface area (Å²) in [5.41, 5.74) is 1.14. The highest BCUT2D eigenvalue weighted by Crippen LogP contribution is 2.30. The van der Waals surface area contributed by atoms with Crippen LogP contribution in [-0.4, -0.2) is 25.6 Å². The van der Waals surface area contributed by atoms with Crippen molar-refractivity contribution in [1.82, 2.24) is 4.98 Å². The van der Waals surface area contributed by atoms with Crippen molar-refractivity contribution >= 4 is 11.5 Å². The smallest absolute Gasteiger partial charge is 0.151 e. The molecule has 14 heavy (non-hydrogen) atoms. The Bertz CT molecular complexity index is 305. The van der Waals surface area contributed by atoms with Crippen molar-refractivity contribution in [3.63, 3.8) is 0 Å². The predicted molar refractivity (Wildman–Crippen MR) is 59.8 cm³/mol. The highest BCUT2D eigenvalue weighted by atomic mass is 15.2. The van der Waals surface area contributed by atoms with Gasteiger partial charge >= 0.3 is 0 Å². The van der Waals surface area contributed by atoms with Gasteiger partial charge in [0.15, 0.2) is 5.82 Å². The number of nitrogens with zero attached hydrogens (tertiary/aromatic N) is 2. The van der Waals surface area contributed by atoms with Crippen LogP contribution in [0.2, 0.25) is 0 Å². The highest BCUT2D eigenvalue weighted by molar-refractivity contribution is 5.64. The second-order valence-corrected chi connectivity index (χ2v) is 4.09. The summed E-state index contributed by atoms with van der Waals surface area (Å²) < 4.78 is 0. The summed E-state index contributed by atoms with van der Waals surface area (Å²) in [6, 6.07) is 4.06. The molecule has 1 aromatic heterocycles. The maximum atomic E-state index is 4.34. The molecular weight excluding hydrogens is 174 g/mol. The molecule has 3 nitrogen and oxygen atoms in total. The minimum absolute atomic E-state index is 0.894. The summed E-state index contributed by atoms with van der Waals surface area (Å²) in [5, 5.41) is 3.45. The monoisotopic (exact) mass is 191 g/mol. The number of rotatable bonds is 4. The van der Waals surface area contributed by atoms with Crippen LogP contribution in [0.5, 0.6) is 0 Å². The standard InChI is InChI=1S/C11H17N3/c1-14(2)11-10(4-3-7-12-11)13-8-9-5-6-9/h3-4,7,9,13H,5-6,8H2,1-2H3. The van der Waals surface area contributed by atoms with Crippen LogP contribution in [0.1, 0.15) is 12.8 Å². The molecule has 1 saturated carbocycles. The van der Waals surface area contributed by atoms with Crippen molar-refractivity contribution in [2.45, 2.75) is 12.8 Å². The molecule has 76 valence electrons. The molecule has 0 saturated heterocycles. The van der Waals surface area contributed by atoms with Crippen LogP contribution in [0.3, 0.4) is 0 Å². The van der Waals surface area contributed by atoms with Gasteiger partial charge in [-0.3, -0.25) is 0 Å². The minimum atomic E-state index is 0.894. The summed E-state index contributed by atoms with van der Waals surface area (Å²) in [6.45, 7) is 1.09. The SMILES string of the molecule is CN(C)c1ncccc1NCC1CC1. The van der Waals surface area contributed by atoms with Crippen LogP contribution >= 0.6 is 0 Å². The molecule has 0 unspecified atom stereocenters. The zero-order valence-corrected chi connectivity index (χ0v) is 8.83. The van der Waals surface area contributed by atoms with Gasteiger partial charge in [0.05, 0.1) is 5.69 Å². The molecule has 1 heterocycles. The van der Waals surface area contributed by atoms with Gasteiger partial charge in [0.2, 0.25) is 0 Å². The van der Waals surface area contributed by atoms with E-state index in [2.05, 4.69) is 16.4 Å². The predicted octanol–water partition coefficient (Wildman–Crippen LogP) is 1.97. The van der Waals surface area contributed by atoms with E-state index in [1.807, 2.05) is 31.3 Å². The molecule has 1 N–H and O–H groups in total. The first-order valence-corrected chi connectivity index (χ1v) is 5.13. The fourth-order valence-electron chi connectivity index (χ4n) is 1.47. The van der Waals surface area contributed by atoms with Crippen molar-refractivity contribution in [2.24, 2.45) is 5.92 Å². The second-order valence-electron chi connectivity index (χ2n) is 4.09. The Labute approximate surface area is 85.1 Å². The molecular formula is C11H17N3. The molecule has 0 spiro atoms. The van der Waals surface area contributed by atoms with Crippen molar-refractivity contribution in [1.29, 1.82) is 0 Å². The average molecular weight is 191 g/mol. The molecule has 0 radical (unpaired) electrons. The van der Waals surface area contributed by atoms with Gasteiger partial charge in [-0.2, -0.15) is 0 Å². The van der Waals surface area contributed by atoms with Crippen molar-refractivity contribution in [3.8, 4) is 0 Å². The average Bonchev–Trinajstić information content (AvgIpc) is 2.98. The zero-order chi connectivity index (χ0) is 9.97. The van der Waals surface area contributed by atoms with E-state index in [9.17, 15) is 0 Å². The molecule has 1 aliphatic rings. The summed E-state index contributed by atoms with van der Waals surface area (Å²) in [5.74, 6) is 1.92. The number of hydrogen-bond donors (Lipinski definition) is 1. The molecule has 1 fully saturated rings. The van der Waals surface area contributed by atoms with Gasteiger partial charge in [-0.15, -0.1) is 0 Å². The van der Waals surface area contributed by atoms with Crippen LogP contribution in [0.15, 0.2) is 18.3 Å². The first kappa shape index (κ1) is 9.31. The van der Waals surface area contributed by atoms with E-state index in [4.69, 9.17) is 0 Å². The van der Waals surface area contributed by atoms with Gasteiger partial charge in [0.1, 0.15) is 0 Å². The quantitative estimate of drug-likeness (QED) is 0.788. The third-order valence-electron chi connectivity index (χ3n) is 2.49. The summed E-state index contributed by atoms with van der Waals surface area (Å²) in [7, 11) is 4.04. The third kappa shape index (κ3) is 2.16. The molecule has 0 amide bonds. The van der Waals surface area contributed by atoms with Gasteiger partial charge in [0.25, 0.3) is 0 Å². The van der Waals surface area contributed by atoms with Crippen molar-refractivity contribution in [2.75, 3.05) is 30.9 Å². The highest BCUT2D eigenvalue weighted by Gasteiger charge is 2.21. The van der Waals surface area contributed by atoms with Gasteiger partial charge in [0, 0.05) is 26.8 Å². The van der Waals surface area contributed by atoms with E-state index in [1.54, 1.807) is 0 Å². The van der Waals surface area contributed by atoms with E-state index in [0.717, 1.165) is 24.0 Å². The first-order chi connectivity index (χ1) is 6.77. The fraction of sp³-hybridized carbons (Fsp3) is 0.545. The van der Waals surface area contributed by atoms with Crippen molar-refractivity contribution < 1.29 is 0 Å². The molecule has 0 aliphatic heterocycles. The maximum Gasteiger partial charge on any atom is 0.151 e.